The Hall–Kier alpha value is -2.70. The number of anilines is 1. The second-order valence-corrected chi connectivity index (χ2v) is 5.78. The molecule has 7 heteroatoms. The van der Waals surface area contributed by atoms with E-state index in [-0.39, 0.29) is 11.6 Å². The summed E-state index contributed by atoms with van der Waals surface area (Å²) in [5, 5.41) is 0. The molecule has 1 aromatic carbocycles. The van der Waals surface area contributed by atoms with Gasteiger partial charge in [0, 0.05) is 24.6 Å². The summed E-state index contributed by atoms with van der Waals surface area (Å²) in [6.45, 7) is 3.58. The Morgan fingerprint density at radius 2 is 2.20 bits per heavy atom. The fourth-order valence-electron chi connectivity index (χ4n) is 3.05. The van der Waals surface area contributed by atoms with Crippen molar-refractivity contribution in [2.45, 2.75) is 19.3 Å². The number of methoxy groups -OCH3 is 2. The average molecular weight is 346 g/mol. The highest BCUT2D eigenvalue weighted by Gasteiger charge is 2.29. The van der Waals surface area contributed by atoms with Gasteiger partial charge in [-0.05, 0) is 31.5 Å². The number of hydrogen-bond acceptors (Lipinski definition) is 7. The highest BCUT2D eigenvalue weighted by Crippen LogP contribution is 2.37. The van der Waals surface area contributed by atoms with Crippen LogP contribution in [0.15, 0.2) is 28.9 Å². The van der Waals surface area contributed by atoms with Gasteiger partial charge in [0.25, 0.3) is 6.01 Å². The van der Waals surface area contributed by atoms with Crippen LogP contribution >= 0.6 is 0 Å². The van der Waals surface area contributed by atoms with Gasteiger partial charge in [0.15, 0.2) is 5.69 Å². The molecule has 1 aliphatic rings. The molecule has 134 valence electrons. The molecule has 1 aromatic heterocycles. The van der Waals surface area contributed by atoms with E-state index < -0.39 is 5.97 Å². The quantitative estimate of drug-likeness (QED) is 0.745. The molecule has 1 saturated heterocycles. The van der Waals surface area contributed by atoms with Crippen molar-refractivity contribution in [2.24, 2.45) is 0 Å². The van der Waals surface area contributed by atoms with Crippen molar-refractivity contribution in [3.63, 3.8) is 0 Å². The molecule has 0 radical (unpaired) electrons. The van der Waals surface area contributed by atoms with E-state index in [0.717, 1.165) is 36.6 Å². The SMILES string of the molecule is CCOC(=O)c1coc(N2CC[C@@H](c3cc(OC)ccc3OC)C2)n1. The number of carbonyl (C=O) groups is 1. The van der Waals surface area contributed by atoms with Crippen LogP contribution in [0, 0.1) is 0 Å². The Bertz CT molecular complexity index is 743. The van der Waals surface area contributed by atoms with Gasteiger partial charge in [0.2, 0.25) is 0 Å². The van der Waals surface area contributed by atoms with Gasteiger partial charge < -0.3 is 23.5 Å². The molecule has 0 spiro atoms. The number of esters is 1. The molecule has 2 aromatic rings. The summed E-state index contributed by atoms with van der Waals surface area (Å²) >= 11 is 0. The molecule has 0 saturated carbocycles. The lowest BCUT2D eigenvalue weighted by Crippen LogP contribution is -2.20. The predicted molar refractivity (Wildman–Crippen MR) is 91.6 cm³/mol. The predicted octanol–water partition coefficient (Wildman–Crippen LogP) is 2.86. The maximum Gasteiger partial charge on any atom is 0.360 e. The summed E-state index contributed by atoms with van der Waals surface area (Å²) in [6.07, 6.45) is 2.27. The minimum Gasteiger partial charge on any atom is -0.497 e. The molecule has 1 aliphatic heterocycles. The van der Waals surface area contributed by atoms with Gasteiger partial charge in [-0.1, -0.05) is 0 Å². The third kappa shape index (κ3) is 3.55. The van der Waals surface area contributed by atoms with Gasteiger partial charge in [-0.15, -0.1) is 0 Å². The summed E-state index contributed by atoms with van der Waals surface area (Å²) in [6, 6.07) is 6.25. The number of ether oxygens (including phenoxy) is 3. The molecule has 25 heavy (non-hydrogen) atoms. The zero-order valence-corrected chi connectivity index (χ0v) is 14.7. The van der Waals surface area contributed by atoms with Crippen molar-refractivity contribution in [3.8, 4) is 11.5 Å². The Balaban J connectivity index is 1.75. The van der Waals surface area contributed by atoms with Crippen LogP contribution in [0.3, 0.4) is 0 Å². The molecule has 0 unspecified atom stereocenters. The van der Waals surface area contributed by atoms with Gasteiger partial charge in [-0.3, -0.25) is 0 Å². The molecule has 0 N–H and O–H groups in total. The standard InChI is InChI=1S/C18H22N2O5/c1-4-24-17(21)15-11-25-18(19-15)20-8-7-12(10-20)14-9-13(22-2)5-6-16(14)23-3/h5-6,9,11-12H,4,7-8,10H2,1-3H3/t12-/m1/s1. The van der Waals surface area contributed by atoms with Crippen molar-refractivity contribution in [1.82, 2.24) is 4.98 Å². The van der Waals surface area contributed by atoms with Gasteiger partial charge in [-0.2, -0.15) is 4.98 Å². The Morgan fingerprint density at radius 1 is 1.36 bits per heavy atom. The third-order valence-corrected chi connectivity index (χ3v) is 4.31. The second-order valence-electron chi connectivity index (χ2n) is 5.78. The first-order valence-corrected chi connectivity index (χ1v) is 8.25. The maximum absolute atomic E-state index is 11.7. The van der Waals surface area contributed by atoms with E-state index in [1.165, 1.54) is 6.26 Å². The molecule has 2 heterocycles. The van der Waals surface area contributed by atoms with E-state index in [4.69, 9.17) is 18.6 Å². The zero-order valence-electron chi connectivity index (χ0n) is 14.7. The molecule has 0 amide bonds. The van der Waals surface area contributed by atoms with Crippen LogP contribution in [0.2, 0.25) is 0 Å². The molecule has 7 nitrogen and oxygen atoms in total. The number of benzene rings is 1. The van der Waals surface area contributed by atoms with Crippen molar-refractivity contribution in [1.29, 1.82) is 0 Å². The molecular formula is C18H22N2O5. The highest BCUT2D eigenvalue weighted by molar-refractivity contribution is 5.87. The lowest BCUT2D eigenvalue weighted by Gasteiger charge is -2.17. The van der Waals surface area contributed by atoms with Crippen LogP contribution in [-0.4, -0.2) is 44.9 Å². The summed E-state index contributed by atoms with van der Waals surface area (Å²) in [5.74, 6) is 1.44. The summed E-state index contributed by atoms with van der Waals surface area (Å²) in [7, 11) is 3.31. The first-order valence-electron chi connectivity index (χ1n) is 8.25. The van der Waals surface area contributed by atoms with E-state index in [2.05, 4.69) is 4.98 Å². The molecule has 0 aliphatic carbocycles. The Morgan fingerprint density at radius 3 is 2.92 bits per heavy atom. The van der Waals surface area contributed by atoms with E-state index in [1.807, 2.05) is 23.1 Å². The number of nitrogens with zero attached hydrogens (tertiary/aromatic N) is 2. The van der Waals surface area contributed by atoms with Gasteiger partial charge in [-0.25, -0.2) is 4.79 Å². The molecular weight excluding hydrogens is 324 g/mol. The smallest absolute Gasteiger partial charge is 0.360 e. The highest BCUT2D eigenvalue weighted by atomic mass is 16.5. The van der Waals surface area contributed by atoms with E-state index >= 15 is 0 Å². The minimum atomic E-state index is -0.470. The maximum atomic E-state index is 11.7. The van der Waals surface area contributed by atoms with Crippen molar-refractivity contribution in [2.75, 3.05) is 38.8 Å². The number of hydrogen-bond donors (Lipinski definition) is 0. The first kappa shape index (κ1) is 17.1. The van der Waals surface area contributed by atoms with E-state index in [9.17, 15) is 4.79 Å². The van der Waals surface area contributed by atoms with Crippen LogP contribution in [0.25, 0.3) is 0 Å². The number of aromatic nitrogens is 1. The lowest BCUT2D eigenvalue weighted by molar-refractivity contribution is 0.0519. The number of oxazole rings is 1. The summed E-state index contributed by atoms with van der Waals surface area (Å²) in [5.41, 5.74) is 1.29. The molecule has 3 rings (SSSR count). The molecule has 0 bridgehead atoms. The number of rotatable bonds is 6. The van der Waals surface area contributed by atoms with Gasteiger partial charge >= 0.3 is 5.97 Å². The van der Waals surface area contributed by atoms with Crippen LogP contribution in [0.4, 0.5) is 6.01 Å². The second kappa shape index (κ2) is 7.46. The fourth-order valence-corrected chi connectivity index (χ4v) is 3.05. The lowest BCUT2D eigenvalue weighted by atomic mass is 9.97. The van der Waals surface area contributed by atoms with Gasteiger partial charge in [0.05, 0.1) is 20.8 Å². The topological polar surface area (TPSA) is 74.0 Å². The normalized spacial score (nSPS) is 16.8. The molecule has 1 atom stereocenters. The Labute approximate surface area is 146 Å². The monoisotopic (exact) mass is 346 g/mol. The van der Waals surface area contributed by atoms with Crippen LogP contribution in [-0.2, 0) is 4.74 Å². The van der Waals surface area contributed by atoms with Crippen molar-refractivity contribution < 1.29 is 23.4 Å². The van der Waals surface area contributed by atoms with E-state index in [1.54, 1.807) is 21.1 Å². The largest absolute Gasteiger partial charge is 0.497 e. The van der Waals surface area contributed by atoms with Crippen molar-refractivity contribution >= 4 is 12.0 Å². The minimum absolute atomic E-state index is 0.194. The Kier molecular flexibility index (Phi) is 5.11. The van der Waals surface area contributed by atoms with Crippen molar-refractivity contribution in [3.05, 3.63) is 35.7 Å². The van der Waals surface area contributed by atoms with Crippen LogP contribution < -0.4 is 14.4 Å². The third-order valence-electron chi connectivity index (χ3n) is 4.31. The van der Waals surface area contributed by atoms with E-state index in [0.29, 0.717) is 12.6 Å². The average Bonchev–Trinajstić information content (AvgIpc) is 3.30. The first-order chi connectivity index (χ1) is 12.2. The zero-order chi connectivity index (χ0) is 17.8. The van der Waals surface area contributed by atoms with Gasteiger partial charge in [0.1, 0.15) is 17.8 Å². The number of carbonyl (C=O) groups excluding carboxylic acids is 1. The van der Waals surface area contributed by atoms with Crippen LogP contribution in [0.1, 0.15) is 35.3 Å². The summed E-state index contributed by atoms with van der Waals surface area (Å²) < 4.78 is 21.2. The summed E-state index contributed by atoms with van der Waals surface area (Å²) in [4.78, 5) is 18.0. The fraction of sp³-hybridized carbons (Fsp3) is 0.444. The molecule has 1 fully saturated rings. The van der Waals surface area contributed by atoms with Crippen LogP contribution in [0.5, 0.6) is 11.5 Å².